The number of hydrogen-bond donors (Lipinski definition) is 2. The fourth-order valence-electron chi connectivity index (χ4n) is 2.04. The van der Waals surface area contributed by atoms with Crippen molar-refractivity contribution in [3.63, 3.8) is 0 Å². The number of halogens is 2. The summed E-state index contributed by atoms with van der Waals surface area (Å²) in [6, 6.07) is 7.94. The molecule has 0 saturated heterocycles. The molecule has 0 aliphatic carbocycles. The lowest BCUT2D eigenvalue weighted by atomic mass is 10.2. The van der Waals surface area contributed by atoms with E-state index in [9.17, 15) is 31.9 Å². The molecule has 8 nitrogen and oxygen atoms in total. The molecule has 2 rings (SSSR count). The van der Waals surface area contributed by atoms with E-state index in [1.807, 2.05) is 0 Å². The van der Waals surface area contributed by atoms with Crippen LogP contribution in [0.25, 0.3) is 0 Å². The highest BCUT2D eigenvalue weighted by molar-refractivity contribution is 7.91. The monoisotopic (exact) mass is 415 g/mol. The number of sulfone groups is 1. The molecular weight excluding hydrogens is 400 g/mol. The van der Waals surface area contributed by atoms with Crippen molar-refractivity contribution in [2.24, 2.45) is 0 Å². The quantitative estimate of drug-likeness (QED) is 0.666. The van der Waals surface area contributed by atoms with Gasteiger partial charge in [0.05, 0.1) is 12.0 Å². The first-order chi connectivity index (χ1) is 13.1. The number of carbonyl (C=O) groups excluding carboxylic acids is 2. The van der Waals surface area contributed by atoms with Crippen LogP contribution in [0.2, 0.25) is 0 Å². The molecule has 2 aromatic carbocycles. The van der Waals surface area contributed by atoms with Crippen LogP contribution >= 0.6 is 0 Å². The summed E-state index contributed by atoms with van der Waals surface area (Å²) in [7, 11) is -3.37. The molecule has 0 radical (unpaired) electrons. The fourth-order valence-corrected chi connectivity index (χ4v) is 2.76. The third-order valence-electron chi connectivity index (χ3n) is 3.46. The maximum absolute atomic E-state index is 12.5. The zero-order valence-electron chi connectivity index (χ0n) is 14.4. The highest BCUT2D eigenvalue weighted by Crippen LogP contribution is 2.24. The second kappa shape index (κ2) is 8.65. The summed E-state index contributed by atoms with van der Waals surface area (Å²) in [6.07, 6.45) is 0. The molecule has 0 atom stereocenters. The summed E-state index contributed by atoms with van der Waals surface area (Å²) in [5.41, 5.74) is -0.0906. The molecule has 0 saturated carbocycles. The van der Waals surface area contributed by atoms with Gasteiger partial charge >= 0.3 is 11.7 Å². The summed E-state index contributed by atoms with van der Waals surface area (Å²) in [5, 5.41) is 12.0. The van der Waals surface area contributed by atoms with Crippen molar-refractivity contribution in [1.82, 2.24) is 0 Å². The molecule has 0 aliphatic rings. The van der Waals surface area contributed by atoms with E-state index in [1.54, 1.807) is 0 Å². The van der Waals surface area contributed by atoms with Gasteiger partial charge in [-0.25, -0.2) is 13.2 Å². The first-order valence-electron chi connectivity index (χ1n) is 7.61. The van der Waals surface area contributed by atoms with Gasteiger partial charge in [0, 0.05) is 5.69 Å². The van der Waals surface area contributed by atoms with E-state index in [-0.39, 0.29) is 17.0 Å². The number of nitrogens with one attached hydrogen (secondary N) is 1. The van der Waals surface area contributed by atoms with Crippen LogP contribution in [0.1, 0.15) is 10.4 Å². The highest BCUT2D eigenvalue weighted by atomic mass is 32.2. The van der Waals surface area contributed by atoms with Crippen LogP contribution in [-0.4, -0.2) is 44.9 Å². The number of phenolic OH excluding ortho intramolecular Hbond substituents is 1. The second-order valence-corrected chi connectivity index (χ2v) is 7.26. The van der Waals surface area contributed by atoms with Gasteiger partial charge in [0.2, 0.25) is 9.84 Å². The summed E-state index contributed by atoms with van der Waals surface area (Å²) >= 11 is 0. The predicted molar refractivity (Wildman–Crippen MR) is 93.2 cm³/mol. The normalized spacial score (nSPS) is 11.1. The van der Waals surface area contributed by atoms with Gasteiger partial charge in [-0.05, 0) is 42.5 Å². The van der Waals surface area contributed by atoms with Crippen molar-refractivity contribution < 1.29 is 41.4 Å². The van der Waals surface area contributed by atoms with Crippen LogP contribution in [0.4, 0.5) is 14.5 Å². The third kappa shape index (κ3) is 4.94. The standard InChI is InChI=1S/C17H15F2NO7S/c1-26-11-4-7-14(21)13(8-11)16(23)27-9-15(22)20-10-2-5-12(6-3-10)28(24,25)17(18)19/h2-8,17,21H,9H2,1H3,(H,20,22). The van der Waals surface area contributed by atoms with E-state index >= 15 is 0 Å². The van der Waals surface area contributed by atoms with E-state index in [2.05, 4.69) is 5.32 Å². The Morgan fingerprint density at radius 2 is 1.79 bits per heavy atom. The van der Waals surface area contributed by atoms with Gasteiger partial charge in [-0.1, -0.05) is 0 Å². The number of anilines is 1. The first-order valence-corrected chi connectivity index (χ1v) is 9.16. The maximum atomic E-state index is 12.5. The lowest BCUT2D eigenvalue weighted by Crippen LogP contribution is -2.21. The average Bonchev–Trinajstić information content (AvgIpc) is 2.66. The van der Waals surface area contributed by atoms with Gasteiger partial charge < -0.3 is 19.9 Å². The minimum atomic E-state index is -4.73. The Morgan fingerprint density at radius 1 is 1.14 bits per heavy atom. The zero-order chi connectivity index (χ0) is 20.9. The molecule has 2 aromatic rings. The Bertz CT molecular complexity index is 976. The van der Waals surface area contributed by atoms with E-state index < -0.39 is 39.0 Å². The molecule has 0 fully saturated rings. The van der Waals surface area contributed by atoms with E-state index in [0.717, 1.165) is 24.3 Å². The van der Waals surface area contributed by atoms with Crippen molar-refractivity contribution >= 4 is 27.4 Å². The molecule has 0 aromatic heterocycles. The number of benzene rings is 2. The molecule has 0 aliphatic heterocycles. The lowest BCUT2D eigenvalue weighted by molar-refractivity contribution is -0.119. The number of carbonyl (C=O) groups is 2. The average molecular weight is 415 g/mol. The first kappa shape index (κ1) is 21.1. The van der Waals surface area contributed by atoms with Crippen LogP contribution in [0.15, 0.2) is 47.4 Å². The number of aromatic hydroxyl groups is 1. The van der Waals surface area contributed by atoms with E-state index in [1.165, 1.54) is 25.3 Å². The number of methoxy groups -OCH3 is 1. The summed E-state index contributed by atoms with van der Waals surface area (Å²) in [4.78, 5) is 23.2. The number of hydrogen-bond acceptors (Lipinski definition) is 7. The number of ether oxygens (including phenoxy) is 2. The molecule has 0 bridgehead atoms. The van der Waals surface area contributed by atoms with Gasteiger partial charge in [0.1, 0.15) is 17.1 Å². The van der Waals surface area contributed by atoms with Gasteiger partial charge in [0.25, 0.3) is 5.91 Å². The molecule has 11 heteroatoms. The Balaban J connectivity index is 1.97. The lowest BCUT2D eigenvalue weighted by Gasteiger charge is -2.09. The van der Waals surface area contributed by atoms with Crippen LogP contribution in [0.5, 0.6) is 11.5 Å². The van der Waals surface area contributed by atoms with Gasteiger partial charge in [-0.2, -0.15) is 8.78 Å². The van der Waals surface area contributed by atoms with Crippen molar-refractivity contribution in [1.29, 1.82) is 0 Å². The highest BCUT2D eigenvalue weighted by Gasteiger charge is 2.26. The van der Waals surface area contributed by atoms with Gasteiger partial charge in [-0.3, -0.25) is 4.79 Å². The molecule has 0 spiro atoms. The summed E-state index contributed by atoms with van der Waals surface area (Å²) in [6.45, 7) is -0.702. The number of rotatable bonds is 7. The maximum Gasteiger partial charge on any atom is 0.342 e. The summed E-state index contributed by atoms with van der Waals surface area (Å²) in [5.74, 6) is -5.35. The number of esters is 1. The van der Waals surface area contributed by atoms with Crippen LogP contribution in [0, 0.1) is 0 Å². The van der Waals surface area contributed by atoms with E-state index in [4.69, 9.17) is 9.47 Å². The molecule has 1 amide bonds. The smallest absolute Gasteiger partial charge is 0.342 e. The molecule has 150 valence electrons. The molecular formula is C17H15F2NO7S. The number of phenols is 1. The minimum absolute atomic E-state index is 0.110. The molecule has 0 heterocycles. The topological polar surface area (TPSA) is 119 Å². The number of alkyl halides is 2. The van der Waals surface area contributed by atoms with Crippen LogP contribution in [-0.2, 0) is 19.4 Å². The molecule has 0 unspecified atom stereocenters. The third-order valence-corrected chi connectivity index (χ3v) is 4.86. The Hall–Kier alpha value is -3.21. The van der Waals surface area contributed by atoms with Crippen molar-refractivity contribution in [2.45, 2.75) is 10.7 Å². The second-order valence-electron chi connectivity index (χ2n) is 5.34. The van der Waals surface area contributed by atoms with E-state index in [0.29, 0.717) is 5.75 Å². The van der Waals surface area contributed by atoms with Crippen molar-refractivity contribution in [3.8, 4) is 11.5 Å². The molecule has 2 N–H and O–H groups in total. The largest absolute Gasteiger partial charge is 0.507 e. The fraction of sp³-hybridized carbons (Fsp3) is 0.176. The van der Waals surface area contributed by atoms with Crippen LogP contribution < -0.4 is 10.1 Å². The van der Waals surface area contributed by atoms with Gasteiger partial charge in [0.15, 0.2) is 6.61 Å². The van der Waals surface area contributed by atoms with Crippen molar-refractivity contribution in [2.75, 3.05) is 19.0 Å². The number of amides is 1. The Kier molecular flexibility index (Phi) is 6.52. The van der Waals surface area contributed by atoms with Gasteiger partial charge in [-0.15, -0.1) is 0 Å². The summed E-state index contributed by atoms with van der Waals surface area (Å²) < 4.78 is 57.3. The SMILES string of the molecule is COc1ccc(O)c(C(=O)OCC(=O)Nc2ccc(S(=O)(=O)C(F)F)cc2)c1. The minimum Gasteiger partial charge on any atom is -0.507 e. The zero-order valence-corrected chi connectivity index (χ0v) is 15.2. The van der Waals surface area contributed by atoms with Crippen LogP contribution in [0.3, 0.4) is 0 Å². The molecule has 28 heavy (non-hydrogen) atoms. The Labute approximate surface area is 158 Å². The predicted octanol–water partition coefficient (Wildman–Crippen LogP) is 2.19. The Morgan fingerprint density at radius 3 is 2.36 bits per heavy atom. The van der Waals surface area contributed by atoms with Crippen molar-refractivity contribution in [3.05, 3.63) is 48.0 Å².